The molecular weight excluding hydrogens is 262 g/mol. The lowest BCUT2D eigenvalue weighted by molar-refractivity contribution is 0.0971. The third-order valence-electron chi connectivity index (χ3n) is 4.56. The first kappa shape index (κ1) is 13.6. The van der Waals surface area contributed by atoms with Crippen LogP contribution in [0.5, 0.6) is 0 Å². The molecule has 0 saturated heterocycles. The van der Waals surface area contributed by atoms with Gasteiger partial charge in [-0.1, -0.05) is 12.1 Å². The summed E-state index contributed by atoms with van der Waals surface area (Å²) in [5.41, 5.74) is 4.91. The van der Waals surface area contributed by atoms with Crippen LogP contribution in [0.1, 0.15) is 45.5 Å². The van der Waals surface area contributed by atoms with Gasteiger partial charge in [0.1, 0.15) is 6.26 Å². The molecule has 1 aromatic heterocycles. The maximum Gasteiger partial charge on any atom is 0.166 e. The summed E-state index contributed by atoms with van der Waals surface area (Å²) in [5, 5.41) is 9.61. The molecule has 0 fully saturated rings. The van der Waals surface area contributed by atoms with Gasteiger partial charge >= 0.3 is 0 Å². The SMILES string of the molecule is Cc1cc2c(cc1C)C(C#N)(CCC(=O)c1ccoc1)C2. The summed E-state index contributed by atoms with van der Waals surface area (Å²) in [6, 6.07) is 8.39. The first-order valence-electron chi connectivity index (χ1n) is 7.13. The summed E-state index contributed by atoms with van der Waals surface area (Å²) in [7, 11) is 0. The topological polar surface area (TPSA) is 54.0 Å². The maximum absolute atomic E-state index is 12.1. The van der Waals surface area contributed by atoms with E-state index in [2.05, 4.69) is 32.0 Å². The molecule has 1 heterocycles. The molecule has 0 saturated carbocycles. The molecule has 0 bridgehead atoms. The van der Waals surface area contributed by atoms with Crippen molar-refractivity contribution in [2.75, 3.05) is 0 Å². The quantitative estimate of drug-likeness (QED) is 0.798. The molecule has 1 aliphatic rings. The van der Waals surface area contributed by atoms with Crippen molar-refractivity contribution < 1.29 is 9.21 Å². The van der Waals surface area contributed by atoms with E-state index in [1.54, 1.807) is 6.07 Å². The van der Waals surface area contributed by atoms with Gasteiger partial charge in [-0.15, -0.1) is 0 Å². The van der Waals surface area contributed by atoms with Gasteiger partial charge in [-0.05, 0) is 55.0 Å². The van der Waals surface area contributed by atoms with E-state index in [1.807, 2.05) is 0 Å². The van der Waals surface area contributed by atoms with Crippen molar-refractivity contribution in [2.45, 2.75) is 38.5 Å². The number of furan rings is 1. The predicted octanol–water partition coefficient (Wildman–Crippen LogP) is 3.88. The number of ketones is 1. The molecule has 1 aromatic carbocycles. The summed E-state index contributed by atoms with van der Waals surface area (Å²) in [5.74, 6) is 0.0376. The van der Waals surface area contributed by atoms with Crippen LogP contribution in [0.3, 0.4) is 0 Å². The summed E-state index contributed by atoms with van der Waals surface area (Å²) in [6.07, 6.45) is 4.66. The van der Waals surface area contributed by atoms with Crippen molar-refractivity contribution in [3.63, 3.8) is 0 Å². The number of hydrogen-bond acceptors (Lipinski definition) is 3. The Labute approximate surface area is 124 Å². The van der Waals surface area contributed by atoms with Crippen molar-refractivity contribution in [1.29, 1.82) is 5.26 Å². The number of nitrogens with zero attached hydrogens (tertiary/aromatic N) is 1. The summed E-state index contributed by atoms with van der Waals surface area (Å²) >= 11 is 0. The minimum absolute atomic E-state index is 0.0376. The van der Waals surface area contributed by atoms with Crippen LogP contribution >= 0.6 is 0 Å². The maximum atomic E-state index is 12.1. The Morgan fingerprint density at radius 1 is 1.38 bits per heavy atom. The number of nitriles is 1. The molecule has 1 atom stereocenters. The molecule has 0 N–H and O–H groups in total. The van der Waals surface area contributed by atoms with Crippen LogP contribution in [0, 0.1) is 25.2 Å². The van der Waals surface area contributed by atoms with Crippen molar-refractivity contribution in [1.82, 2.24) is 0 Å². The van der Waals surface area contributed by atoms with Gasteiger partial charge in [0.2, 0.25) is 0 Å². The van der Waals surface area contributed by atoms with E-state index in [0.717, 1.165) is 12.0 Å². The molecule has 0 spiro atoms. The fourth-order valence-electron chi connectivity index (χ4n) is 3.05. The number of aryl methyl sites for hydroxylation is 2. The monoisotopic (exact) mass is 279 g/mol. The van der Waals surface area contributed by atoms with Gasteiger partial charge < -0.3 is 4.42 Å². The Balaban J connectivity index is 1.79. The molecule has 3 nitrogen and oxygen atoms in total. The van der Waals surface area contributed by atoms with Crippen molar-refractivity contribution in [2.24, 2.45) is 0 Å². The molecule has 2 aromatic rings. The number of carbonyl (C=O) groups excluding carboxylic acids is 1. The van der Waals surface area contributed by atoms with Gasteiger partial charge in [0, 0.05) is 6.42 Å². The Morgan fingerprint density at radius 3 is 2.81 bits per heavy atom. The largest absolute Gasteiger partial charge is 0.472 e. The summed E-state index contributed by atoms with van der Waals surface area (Å²) < 4.78 is 4.93. The normalized spacial score (nSPS) is 19.5. The molecular formula is C18H17NO2. The van der Waals surface area contributed by atoms with Crippen LogP contribution in [-0.2, 0) is 11.8 Å². The zero-order valence-electron chi connectivity index (χ0n) is 12.3. The fraction of sp³-hybridized carbons (Fsp3) is 0.333. The van der Waals surface area contributed by atoms with Gasteiger partial charge in [0.25, 0.3) is 0 Å². The first-order valence-corrected chi connectivity index (χ1v) is 7.13. The van der Waals surface area contributed by atoms with Crippen molar-refractivity contribution >= 4 is 5.78 Å². The Hall–Kier alpha value is -2.34. The van der Waals surface area contributed by atoms with Gasteiger partial charge in [-0.3, -0.25) is 4.79 Å². The Bertz CT molecular complexity index is 737. The fourth-order valence-corrected chi connectivity index (χ4v) is 3.05. The average Bonchev–Trinajstić information content (AvgIpc) is 3.00. The predicted molar refractivity (Wildman–Crippen MR) is 79.2 cm³/mol. The van der Waals surface area contributed by atoms with Gasteiger partial charge in [0.05, 0.1) is 23.3 Å². The highest BCUT2D eigenvalue weighted by molar-refractivity contribution is 5.95. The number of hydrogen-bond donors (Lipinski definition) is 0. The number of rotatable bonds is 4. The van der Waals surface area contributed by atoms with Crippen LogP contribution < -0.4 is 0 Å². The van der Waals surface area contributed by atoms with E-state index in [9.17, 15) is 10.1 Å². The lowest BCUT2D eigenvalue weighted by atomic mass is 9.61. The smallest absolute Gasteiger partial charge is 0.166 e. The highest BCUT2D eigenvalue weighted by Gasteiger charge is 2.43. The summed E-state index contributed by atoms with van der Waals surface area (Å²) in [6.45, 7) is 4.15. The first-order chi connectivity index (χ1) is 10.1. The standard InChI is InChI=1S/C18H17NO2/c1-12-7-15-9-18(11-19,16(15)8-13(12)2)5-3-17(20)14-4-6-21-10-14/h4,6-8,10H,3,5,9H2,1-2H3. The van der Waals surface area contributed by atoms with Gasteiger partial charge in [0.15, 0.2) is 5.78 Å². The molecule has 0 aliphatic heterocycles. The molecule has 3 rings (SSSR count). The van der Waals surface area contributed by atoms with Crippen molar-refractivity contribution in [3.8, 4) is 6.07 Å². The number of Topliss-reactive ketones (excluding diaryl/α,β-unsaturated/α-hetero) is 1. The number of benzene rings is 1. The molecule has 0 radical (unpaired) electrons. The zero-order chi connectivity index (χ0) is 15.0. The van der Waals surface area contributed by atoms with Crippen LogP contribution in [0.15, 0.2) is 35.1 Å². The van der Waals surface area contributed by atoms with Crippen LogP contribution in [0.25, 0.3) is 0 Å². The third-order valence-corrected chi connectivity index (χ3v) is 4.56. The van der Waals surface area contributed by atoms with E-state index in [0.29, 0.717) is 18.4 Å². The second kappa shape index (κ2) is 4.89. The molecule has 21 heavy (non-hydrogen) atoms. The third kappa shape index (κ3) is 2.17. The van der Waals surface area contributed by atoms with Crippen molar-refractivity contribution in [3.05, 3.63) is 58.5 Å². The molecule has 3 heteroatoms. The Morgan fingerprint density at radius 2 is 2.14 bits per heavy atom. The highest BCUT2D eigenvalue weighted by atomic mass is 16.3. The lowest BCUT2D eigenvalue weighted by Crippen LogP contribution is -2.38. The average molecular weight is 279 g/mol. The van der Waals surface area contributed by atoms with Crippen LogP contribution in [0.4, 0.5) is 0 Å². The Kier molecular flexibility index (Phi) is 3.17. The van der Waals surface area contributed by atoms with Crippen LogP contribution in [-0.4, -0.2) is 5.78 Å². The van der Waals surface area contributed by atoms with E-state index < -0.39 is 5.41 Å². The number of fused-ring (bicyclic) bond motifs is 1. The number of carbonyl (C=O) groups is 1. The second-order valence-electron chi connectivity index (χ2n) is 5.90. The highest BCUT2D eigenvalue weighted by Crippen LogP contribution is 2.45. The molecule has 0 amide bonds. The van der Waals surface area contributed by atoms with Gasteiger partial charge in [-0.2, -0.15) is 5.26 Å². The second-order valence-corrected chi connectivity index (χ2v) is 5.90. The lowest BCUT2D eigenvalue weighted by Gasteiger charge is -2.39. The van der Waals surface area contributed by atoms with E-state index in [1.165, 1.54) is 29.2 Å². The van der Waals surface area contributed by atoms with Crippen LogP contribution in [0.2, 0.25) is 0 Å². The summed E-state index contributed by atoms with van der Waals surface area (Å²) in [4.78, 5) is 12.1. The molecule has 106 valence electrons. The molecule has 1 aliphatic carbocycles. The van der Waals surface area contributed by atoms with E-state index >= 15 is 0 Å². The minimum Gasteiger partial charge on any atom is -0.472 e. The molecule has 1 unspecified atom stereocenters. The van der Waals surface area contributed by atoms with E-state index in [-0.39, 0.29) is 5.78 Å². The minimum atomic E-state index is -0.493. The zero-order valence-corrected chi connectivity index (χ0v) is 12.3. The van der Waals surface area contributed by atoms with E-state index in [4.69, 9.17) is 4.42 Å². The van der Waals surface area contributed by atoms with Gasteiger partial charge in [-0.25, -0.2) is 0 Å².